The van der Waals surface area contributed by atoms with Gasteiger partial charge in [-0.15, -0.1) is 0 Å². The van der Waals surface area contributed by atoms with Crippen molar-refractivity contribution in [3.63, 3.8) is 0 Å². The second-order valence-corrected chi connectivity index (χ2v) is 14.0. The van der Waals surface area contributed by atoms with Gasteiger partial charge in [-0.25, -0.2) is 9.97 Å². The van der Waals surface area contributed by atoms with Crippen LogP contribution in [0.15, 0.2) is 197 Å². The highest BCUT2D eigenvalue weighted by molar-refractivity contribution is 6.15. The van der Waals surface area contributed by atoms with Crippen LogP contribution in [0, 0.1) is 0 Å². The van der Waals surface area contributed by atoms with E-state index in [1.165, 1.54) is 0 Å². The summed E-state index contributed by atoms with van der Waals surface area (Å²) in [7, 11) is 0. The van der Waals surface area contributed by atoms with Crippen LogP contribution in [0.2, 0.25) is 0 Å². The van der Waals surface area contributed by atoms with Gasteiger partial charge in [-0.1, -0.05) is 115 Å². The molecule has 0 aliphatic carbocycles. The molecule has 262 valence electrons. The summed E-state index contributed by atoms with van der Waals surface area (Å²) in [6.07, 6.45) is 3.67. The standard InChI is InChI=1S/C51H31N3O2/c1-2-12-32(13-3-1)43-30-44(54-51(53-43)34-15-8-14-33(26-34)35-16-11-25-52-31-35)38-28-36(39-19-9-23-47-49(39)41-17-4-6-21-45(41)55-47)27-37(29-38)40-20-10-24-48-50(40)42-18-5-7-22-46(42)56-48/h1-31H. The molecule has 11 aromatic rings. The van der Waals surface area contributed by atoms with Crippen LogP contribution in [0.1, 0.15) is 0 Å². The summed E-state index contributed by atoms with van der Waals surface area (Å²) in [6, 6.07) is 60.7. The van der Waals surface area contributed by atoms with Crippen molar-refractivity contribution >= 4 is 43.9 Å². The van der Waals surface area contributed by atoms with E-state index in [9.17, 15) is 0 Å². The minimum Gasteiger partial charge on any atom is -0.456 e. The summed E-state index contributed by atoms with van der Waals surface area (Å²) in [4.78, 5) is 14.9. The Balaban J connectivity index is 1.18. The Labute approximate surface area is 322 Å². The van der Waals surface area contributed by atoms with Gasteiger partial charge in [0.25, 0.3) is 0 Å². The Morgan fingerprint density at radius 2 is 0.839 bits per heavy atom. The number of aromatic nitrogens is 3. The summed E-state index contributed by atoms with van der Waals surface area (Å²) in [5, 5.41) is 4.33. The maximum Gasteiger partial charge on any atom is 0.160 e. The molecular formula is C51H31N3O2. The van der Waals surface area contributed by atoms with Gasteiger partial charge in [-0.05, 0) is 88.5 Å². The van der Waals surface area contributed by atoms with E-state index in [2.05, 4.69) is 120 Å². The fourth-order valence-electron chi connectivity index (χ4n) is 7.97. The van der Waals surface area contributed by atoms with E-state index < -0.39 is 0 Å². The lowest BCUT2D eigenvalue weighted by Crippen LogP contribution is -1.97. The number of pyridine rings is 1. The Kier molecular flexibility index (Phi) is 7.42. The molecule has 0 N–H and O–H groups in total. The molecule has 0 saturated heterocycles. The van der Waals surface area contributed by atoms with Crippen LogP contribution in [0.3, 0.4) is 0 Å². The molecule has 5 nitrogen and oxygen atoms in total. The molecule has 0 aliphatic heterocycles. The average molecular weight is 718 g/mol. The van der Waals surface area contributed by atoms with Gasteiger partial charge >= 0.3 is 0 Å². The normalized spacial score (nSPS) is 11.6. The number of benzene rings is 7. The van der Waals surface area contributed by atoms with E-state index in [1.807, 2.05) is 66.9 Å². The molecule has 0 fully saturated rings. The quantitative estimate of drug-likeness (QED) is 0.171. The third kappa shape index (κ3) is 5.45. The first-order valence-corrected chi connectivity index (χ1v) is 18.7. The number of para-hydroxylation sites is 2. The zero-order valence-corrected chi connectivity index (χ0v) is 30.1. The van der Waals surface area contributed by atoms with Crippen molar-refractivity contribution in [2.45, 2.75) is 0 Å². The lowest BCUT2D eigenvalue weighted by Gasteiger charge is -2.14. The molecule has 4 heterocycles. The first-order valence-electron chi connectivity index (χ1n) is 18.7. The summed E-state index contributed by atoms with van der Waals surface area (Å²) in [5.41, 5.74) is 14.4. The molecule has 0 radical (unpaired) electrons. The maximum absolute atomic E-state index is 6.37. The third-order valence-electron chi connectivity index (χ3n) is 10.6. The van der Waals surface area contributed by atoms with Gasteiger partial charge in [0.05, 0.1) is 11.4 Å². The van der Waals surface area contributed by atoms with Gasteiger partial charge in [0.15, 0.2) is 5.82 Å². The molecule has 0 unspecified atom stereocenters. The van der Waals surface area contributed by atoms with Gasteiger partial charge in [-0.2, -0.15) is 0 Å². The third-order valence-corrected chi connectivity index (χ3v) is 10.6. The maximum atomic E-state index is 6.37. The monoisotopic (exact) mass is 717 g/mol. The number of hydrogen-bond acceptors (Lipinski definition) is 5. The Morgan fingerprint density at radius 3 is 1.48 bits per heavy atom. The second-order valence-electron chi connectivity index (χ2n) is 14.0. The van der Waals surface area contributed by atoms with E-state index in [0.29, 0.717) is 5.82 Å². The molecule has 0 aliphatic rings. The summed E-state index contributed by atoms with van der Waals surface area (Å²) in [6.45, 7) is 0. The summed E-state index contributed by atoms with van der Waals surface area (Å²) in [5.74, 6) is 0.643. The highest BCUT2D eigenvalue weighted by atomic mass is 16.3. The number of nitrogens with zero attached hydrogens (tertiary/aromatic N) is 3. The van der Waals surface area contributed by atoms with Crippen LogP contribution in [-0.2, 0) is 0 Å². The second kappa shape index (κ2) is 13.0. The van der Waals surface area contributed by atoms with Crippen LogP contribution in [0.4, 0.5) is 0 Å². The van der Waals surface area contributed by atoms with Gasteiger partial charge in [-0.3, -0.25) is 4.98 Å². The molecule has 4 aromatic heterocycles. The molecule has 0 spiro atoms. The van der Waals surface area contributed by atoms with E-state index in [1.54, 1.807) is 6.20 Å². The predicted molar refractivity (Wildman–Crippen MR) is 227 cm³/mol. The van der Waals surface area contributed by atoms with Crippen LogP contribution >= 0.6 is 0 Å². The molecule has 0 bridgehead atoms. The van der Waals surface area contributed by atoms with Gasteiger partial charge in [0.2, 0.25) is 0 Å². The zero-order chi connectivity index (χ0) is 37.0. The smallest absolute Gasteiger partial charge is 0.160 e. The molecular weight excluding hydrogens is 687 g/mol. The van der Waals surface area contributed by atoms with Gasteiger partial charge < -0.3 is 8.83 Å². The minimum absolute atomic E-state index is 0.643. The lowest BCUT2D eigenvalue weighted by atomic mass is 9.91. The van der Waals surface area contributed by atoms with Crippen molar-refractivity contribution in [3.05, 3.63) is 188 Å². The number of rotatable bonds is 6. The van der Waals surface area contributed by atoms with E-state index >= 15 is 0 Å². The molecule has 5 heteroatoms. The van der Waals surface area contributed by atoms with Gasteiger partial charge in [0.1, 0.15) is 22.3 Å². The first kappa shape index (κ1) is 31.9. The minimum atomic E-state index is 0.643. The fraction of sp³-hybridized carbons (Fsp3) is 0. The molecule has 11 rings (SSSR count). The molecule has 0 saturated carbocycles. The summed E-state index contributed by atoms with van der Waals surface area (Å²) >= 11 is 0. The summed E-state index contributed by atoms with van der Waals surface area (Å²) < 4.78 is 12.7. The Morgan fingerprint density at radius 1 is 0.339 bits per heavy atom. The van der Waals surface area contributed by atoms with Crippen molar-refractivity contribution in [2.75, 3.05) is 0 Å². The predicted octanol–water partition coefficient (Wildman–Crippen LogP) is 13.7. The van der Waals surface area contributed by atoms with Crippen molar-refractivity contribution in [1.29, 1.82) is 0 Å². The van der Waals surface area contributed by atoms with Crippen LogP contribution < -0.4 is 0 Å². The van der Waals surface area contributed by atoms with E-state index in [0.717, 1.165) is 105 Å². The van der Waals surface area contributed by atoms with Crippen molar-refractivity contribution in [1.82, 2.24) is 15.0 Å². The fourth-order valence-corrected chi connectivity index (χ4v) is 7.97. The lowest BCUT2D eigenvalue weighted by molar-refractivity contribution is 0.668. The van der Waals surface area contributed by atoms with Crippen LogP contribution in [0.5, 0.6) is 0 Å². The molecule has 0 amide bonds. The SMILES string of the molecule is c1ccc(-c2cc(-c3cc(-c4cccc5oc6ccccc6c45)cc(-c4cccc5oc6ccccc6c45)c3)nc(-c3cccc(-c4cccnc4)c3)n2)cc1. The first-order chi connectivity index (χ1) is 27.7. The van der Waals surface area contributed by atoms with E-state index in [-0.39, 0.29) is 0 Å². The molecule has 7 aromatic carbocycles. The highest BCUT2D eigenvalue weighted by Gasteiger charge is 2.19. The van der Waals surface area contributed by atoms with Crippen LogP contribution in [0.25, 0.3) is 111 Å². The Hall–Kier alpha value is -7.63. The molecule has 0 atom stereocenters. The topological polar surface area (TPSA) is 65.0 Å². The number of fused-ring (bicyclic) bond motifs is 6. The number of furan rings is 2. The van der Waals surface area contributed by atoms with Crippen molar-refractivity contribution in [2.24, 2.45) is 0 Å². The van der Waals surface area contributed by atoms with E-state index in [4.69, 9.17) is 18.8 Å². The zero-order valence-electron chi connectivity index (χ0n) is 30.1. The van der Waals surface area contributed by atoms with Crippen molar-refractivity contribution in [3.8, 4) is 67.3 Å². The largest absolute Gasteiger partial charge is 0.456 e. The number of hydrogen-bond donors (Lipinski definition) is 0. The van der Waals surface area contributed by atoms with Crippen molar-refractivity contribution < 1.29 is 8.83 Å². The van der Waals surface area contributed by atoms with Crippen LogP contribution in [-0.4, -0.2) is 15.0 Å². The average Bonchev–Trinajstić information content (AvgIpc) is 3.86. The van der Waals surface area contributed by atoms with Gasteiger partial charge in [0, 0.05) is 56.2 Å². The highest BCUT2D eigenvalue weighted by Crippen LogP contribution is 2.43. The Bertz CT molecular complexity index is 3120. The molecule has 56 heavy (non-hydrogen) atoms.